The van der Waals surface area contributed by atoms with Crippen LogP contribution >= 0.6 is 29.1 Å². The van der Waals surface area contributed by atoms with Gasteiger partial charge in [0.2, 0.25) is 0 Å². The molecule has 0 aliphatic carbocycles. The highest BCUT2D eigenvalue weighted by atomic mass is 35.9. The maximum absolute atomic E-state index is 5.75. The van der Waals surface area contributed by atoms with Gasteiger partial charge in [0, 0.05) is 25.1 Å². The van der Waals surface area contributed by atoms with Crippen molar-refractivity contribution in [3.05, 3.63) is 24.3 Å². The summed E-state index contributed by atoms with van der Waals surface area (Å²) in [6.45, 7) is -1.00. The highest BCUT2D eigenvalue weighted by molar-refractivity contribution is 8.08. The smallest absolute Gasteiger partial charge is 0.116 e. The minimum absolute atomic E-state index is 0.999. The van der Waals surface area contributed by atoms with Crippen molar-refractivity contribution in [1.29, 1.82) is 0 Å². The van der Waals surface area contributed by atoms with Gasteiger partial charge in [0.05, 0.1) is 0 Å². The van der Waals surface area contributed by atoms with Crippen LogP contribution in [0.25, 0.3) is 0 Å². The summed E-state index contributed by atoms with van der Waals surface area (Å²) in [6, 6.07) is 7.94. The first-order valence-corrected chi connectivity index (χ1v) is 6.65. The first kappa shape index (κ1) is 10.1. The fourth-order valence-corrected chi connectivity index (χ4v) is 1.91. The van der Waals surface area contributed by atoms with E-state index in [-0.39, 0.29) is 0 Å². The monoisotopic (exact) mass is 221 g/mol. The van der Waals surface area contributed by atoms with Crippen molar-refractivity contribution in [3.63, 3.8) is 0 Å². The van der Waals surface area contributed by atoms with E-state index in [0.29, 0.717) is 0 Å². The summed E-state index contributed by atoms with van der Waals surface area (Å²) in [7, 11) is 4.00. The molecule has 0 saturated heterocycles. The number of hydrogen-bond acceptors (Lipinski definition) is 1. The summed E-state index contributed by atoms with van der Waals surface area (Å²) in [5.41, 5.74) is 1.16. The second-order valence-corrected chi connectivity index (χ2v) is 6.17. The molecule has 0 aliphatic heterocycles. The molecule has 0 heterocycles. The van der Waals surface area contributed by atoms with Crippen LogP contribution in [0, 0.1) is 0 Å². The first-order valence-electron chi connectivity index (χ1n) is 3.50. The molecular formula is C8H10Cl2NP. The zero-order chi connectivity index (χ0) is 9.14. The topological polar surface area (TPSA) is 3.24 Å². The van der Waals surface area contributed by atoms with Crippen molar-refractivity contribution in [2.45, 2.75) is 0 Å². The molecule has 0 unspecified atom stereocenters. The molecule has 0 atom stereocenters. The van der Waals surface area contributed by atoms with Gasteiger partial charge in [0.15, 0.2) is 0 Å². The van der Waals surface area contributed by atoms with Crippen LogP contribution in [-0.2, 0) is 0 Å². The molecule has 0 radical (unpaired) electrons. The highest BCUT2D eigenvalue weighted by Gasteiger charge is 2.02. The van der Waals surface area contributed by atoms with Crippen LogP contribution < -0.4 is 10.2 Å². The van der Waals surface area contributed by atoms with Crippen LogP contribution in [0.15, 0.2) is 24.3 Å². The lowest BCUT2D eigenvalue weighted by Gasteiger charge is -2.12. The van der Waals surface area contributed by atoms with Gasteiger partial charge in [-0.2, -0.15) is 0 Å². The molecule has 1 rings (SSSR count). The van der Waals surface area contributed by atoms with Crippen molar-refractivity contribution in [2.75, 3.05) is 19.0 Å². The minimum Gasteiger partial charge on any atom is -0.378 e. The van der Waals surface area contributed by atoms with Gasteiger partial charge >= 0.3 is 0 Å². The maximum atomic E-state index is 5.75. The van der Waals surface area contributed by atoms with Gasteiger partial charge in [0.25, 0.3) is 0 Å². The van der Waals surface area contributed by atoms with E-state index in [2.05, 4.69) is 0 Å². The predicted octanol–water partition coefficient (Wildman–Crippen LogP) is 3.17. The molecule has 0 aromatic heterocycles. The maximum Gasteiger partial charge on any atom is 0.116 e. The number of rotatable bonds is 2. The van der Waals surface area contributed by atoms with Gasteiger partial charge in [0.1, 0.15) is 6.63 Å². The van der Waals surface area contributed by atoms with E-state index in [4.69, 9.17) is 22.5 Å². The van der Waals surface area contributed by atoms with Crippen LogP contribution in [0.4, 0.5) is 5.69 Å². The zero-order valence-corrected chi connectivity index (χ0v) is 9.37. The van der Waals surface area contributed by atoms with Gasteiger partial charge in [-0.1, -0.05) is 34.6 Å². The standard InChI is InChI=1S/C8H10Cl2NP/c1-11(2)7-3-5-8(6-4-7)12(9)10/h3-6H,1-2H3. The van der Waals surface area contributed by atoms with Gasteiger partial charge in [-0.05, 0) is 12.1 Å². The number of nitrogens with zero attached hydrogens (tertiary/aromatic N) is 1. The molecule has 66 valence electrons. The Morgan fingerprint density at radius 2 is 1.58 bits per heavy atom. The summed E-state index contributed by atoms with van der Waals surface area (Å²) in [4.78, 5) is 2.04. The summed E-state index contributed by atoms with van der Waals surface area (Å²) in [5, 5.41) is 0.999. The Balaban J connectivity index is 2.86. The SMILES string of the molecule is CN(C)c1ccc(P(Cl)Cl)cc1. The van der Waals surface area contributed by atoms with Gasteiger partial charge in [-0.15, -0.1) is 0 Å². The van der Waals surface area contributed by atoms with Crippen molar-refractivity contribution in [3.8, 4) is 0 Å². The van der Waals surface area contributed by atoms with Crippen LogP contribution in [0.5, 0.6) is 0 Å². The molecule has 12 heavy (non-hydrogen) atoms. The van der Waals surface area contributed by atoms with E-state index >= 15 is 0 Å². The van der Waals surface area contributed by atoms with Gasteiger partial charge in [-0.25, -0.2) is 0 Å². The minimum atomic E-state index is -1.00. The molecule has 0 bridgehead atoms. The molecule has 4 heteroatoms. The first-order chi connectivity index (χ1) is 5.61. The summed E-state index contributed by atoms with van der Waals surface area (Å²) >= 11 is 11.5. The molecule has 0 fully saturated rings. The third-order valence-electron chi connectivity index (χ3n) is 1.56. The fourth-order valence-electron chi connectivity index (χ4n) is 0.863. The molecule has 0 N–H and O–H groups in total. The summed E-state index contributed by atoms with van der Waals surface area (Å²) in [6.07, 6.45) is 0. The zero-order valence-electron chi connectivity index (χ0n) is 6.96. The predicted molar refractivity (Wildman–Crippen MR) is 59.0 cm³/mol. The average Bonchev–Trinajstić information content (AvgIpc) is 2.04. The third-order valence-corrected chi connectivity index (χ3v) is 3.42. The Labute approximate surface area is 83.6 Å². The van der Waals surface area contributed by atoms with E-state index in [1.807, 2.05) is 43.3 Å². The number of hydrogen-bond donors (Lipinski definition) is 0. The van der Waals surface area contributed by atoms with Crippen molar-refractivity contribution in [2.24, 2.45) is 0 Å². The van der Waals surface area contributed by atoms with E-state index in [9.17, 15) is 0 Å². The Morgan fingerprint density at radius 3 is 1.92 bits per heavy atom. The van der Waals surface area contributed by atoms with Crippen molar-refractivity contribution < 1.29 is 0 Å². The van der Waals surface area contributed by atoms with Gasteiger partial charge in [-0.3, -0.25) is 0 Å². The number of benzene rings is 1. The highest BCUT2D eigenvalue weighted by Crippen LogP contribution is 2.45. The largest absolute Gasteiger partial charge is 0.378 e. The Hall–Kier alpha value is 0.0300. The summed E-state index contributed by atoms with van der Waals surface area (Å²) < 4.78 is 0. The van der Waals surface area contributed by atoms with Crippen molar-refractivity contribution in [1.82, 2.24) is 0 Å². The average molecular weight is 222 g/mol. The quantitative estimate of drug-likeness (QED) is 0.694. The van der Waals surface area contributed by atoms with Crippen LogP contribution in [0.1, 0.15) is 0 Å². The second kappa shape index (κ2) is 4.32. The van der Waals surface area contributed by atoms with E-state index in [1.165, 1.54) is 0 Å². The Morgan fingerprint density at radius 1 is 1.08 bits per heavy atom. The summed E-state index contributed by atoms with van der Waals surface area (Å²) in [5.74, 6) is 0. The molecule has 0 spiro atoms. The lowest BCUT2D eigenvalue weighted by Crippen LogP contribution is -2.09. The number of anilines is 1. The molecule has 0 amide bonds. The fraction of sp³-hybridized carbons (Fsp3) is 0.250. The van der Waals surface area contributed by atoms with E-state index in [1.54, 1.807) is 0 Å². The Bertz CT molecular complexity index is 219. The van der Waals surface area contributed by atoms with Crippen LogP contribution in [0.2, 0.25) is 0 Å². The number of halogens is 2. The third kappa shape index (κ3) is 2.52. The normalized spacial score (nSPS) is 10.4. The van der Waals surface area contributed by atoms with Gasteiger partial charge < -0.3 is 4.90 Å². The van der Waals surface area contributed by atoms with E-state index < -0.39 is 6.63 Å². The molecule has 1 nitrogen and oxygen atoms in total. The Kier molecular flexibility index (Phi) is 3.64. The van der Waals surface area contributed by atoms with Crippen LogP contribution in [0.3, 0.4) is 0 Å². The molecule has 0 saturated carbocycles. The molecule has 0 aliphatic rings. The van der Waals surface area contributed by atoms with Crippen molar-refractivity contribution >= 4 is 40.1 Å². The second-order valence-electron chi connectivity index (χ2n) is 2.64. The molecule has 1 aromatic carbocycles. The lowest BCUT2D eigenvalue weighted by atomic mass is 10.3. The lowest BCUT2D eigenvalue weighted by molar-refractivity contribution is 1.13. The molecule has 1 aromatic rings. The van der Waals surface area contributed by atoms with E-state index in [0.717, 1.165) is 11.0 Å². The molecular weight excluding hydrogens is 212 g/mol. The van der Waals surface area contributed by atoms with Crippen LogP contribution in [-0.4, -0.2) is 14.1 Å².